The van der Waals surface area contributed by atoms with E-state index in [1.807, 2.05) is 14.1 Å². The first kappa shape index (κ1) is 13.0. The molecule has 0 heterocycles. The maximum atomic E-state index is 12.5. The molecular weight excluding hydrogens is 212 g/mol. The predicted octanol–water partition coefficient (Wildman–Crippen LogP) is 1.69. The van der Waals surface area contributed by atoms with E-state index in [4.69, 9.17) is 5.73 Å². The van der Waals surface area contributed by atoms with Crippen LogP contribution in [0.25, 0.3) is 0 Å². The van der Waals surface area contributed by atoms with Crippen LogP contribution < -0.4 is 11.2 Å². The molecule has 0 fully saturated rings. The molecule has 90 valence electrons. The summed E-state index contributed by atoms with van der Waals surface area (Å²) in [6, 6.07) is 6.17. The van der Waals surface area contributed by atoms with Crippen LogP contribution in [0.1, 0.15) is 23.6 Å². The van der Waals surface area contributed by atoms with Crippen molar-refractivity contribution in [2.75, 3.05) is 20.6 Å². The van der Waals surface area contributed by atoms with Gasteiger partial charge in [0.2, 0.25) is 0 Å². The second-order valence-electron chi connectivity index (χ2n) is 3.78. The van der Waals surface area contributed by atoms with Crippen molar-refractivity contribution in [2.24, 2.45) is 5.73 Å². The number of nitrogens with one attached hydrogen (secondary N) is 1. The Balaban J connectivity index is 2.87. The Hall–Kier alpha value is -1.04. The monoisotopic (exact) mass is 229 g/mol. The number of alkyl halides is 2. The minimum Gasteiger partial charge on any atom is -0.329 e. The molecule has 0 saturated carbocycles. The third-order valence-corrected chi connectivity index (χ3v) is 2.21. The van der Waals surface area contributed by atoms with Crippen LogP contribution in [0.15, 0.2) is 24.3 Å². The molecule has 0 aliphatic carbocycles. The molecule has 0 radical (unpaired) electrons. The van der Waals surface area contributed by atoms with E-state index >= 15 is 0 Å². The zero-order chi connectivity index (χ0) is 12.1. The summed E-state index contributed by atoms with van der Waals surface area (Å²) in [5.74, 6) is 0. The lowest BCUT2D eigenvalue weighted by Crippen LogP contribution is -2.38. The molecular formula is C11H17F2N3. The number of nitrogens with two attached hydrogens (primary N) is 1. The van der Waals surface area contributed by atoms with Crippen molar-refractivity contribution >= 4 is 0 Å². The highest BCUT2D eigenvalue weighted by atomic mass is 19.3. The van der Waals surface area contributed by atoms with Crippen LogP contribution in [0.3, 0.4) is 0 Å². The molecule has 0 aliphatic rings. The first-order valence-corrected chi connectivity index (χ1v) is 5.06. The molecule has 0 saturated heterocycles. The van der Waals surface area contributed by atoms with E-state index in [1.165, 1.54) is 12.1 Å². The van der Waals surface area contributed by atoms with Crippen LogP contribution in [-0.4, -0.2) is 25.6 Å². The van der Waals surface area contributed by atoms with Gasteiger partial charge in [0.05, 0.1) is 6.04 Å². The van der Waals surface area contributed by atoms with Crippen LogP contribution in [0.4, 0.5) is 8.78 Å². The predicted molar refractivity (Wildman–Crippen MR) is 60.0 cm³/mol. The summed E-state index contributed by atoms with van der Waals surface area (Å²) in [6.07, 6.45) is -2.45. The SMILES string of the molecule is CN(C)NC(CN)c1cccc(C(F)F)c1. The summed E-state index contributed by atoms with van der Waals surface area (Å²) >= 11 is 0. The summed E-state index contributed by atoms with van der Waals surface area (Å²) in [5, 5.41) is 1.76. The minimum absolute atomic E-state index is 0.0245. The summed E-state index contributed by atoms with van der Waals surface area (Å²) in [6.45, 7) is 0.352. The van der Waals surface area contributed by atoms with Crippen molar-refractivity contribution in [3.8, 4) is 0 Å². The zero-order valence-electron chi connectivity index (χ0n) is 9.45. The van der Waals surface area contributed by atoms with Gasteiger partial charge >= 0.3 is 0 Å². The Morgan fingerprint density at radius 1 is 1.31 bits per heavy atom. The molecule has 1 unspecified atom stereocenters. The molecule has 16 heavy (non-hydrogen) atoms. The maximum absolute atomic E-state index is 12.5. The van der Waals surface area contributed by atoms with Crippen LogP contribution in [0.2, 0.25) is 0 Å². The number of rotatable bonds is 5. The van der Waals surface area contributed by atoms with Gasteiger partial charge in [-0.05, 0) is 11.6 Å². The second kappa shape index (κ2) is 5.89. The molecule has 0 bridgehead atoms. The first-order chi connectivity index (χ1) is 7.54. The fraction of sp³-hybridized carbons (Fsp3) is 0.455. The fourth-order valence-electron chi connectivity index (χ4n) is 1.49. The fourth-order valence-corrected chi connectivity index (χ4v) is 1.49. The highest BCUT2D eigenvalue weighted by Crippen LogP contribution is 2.22. The minimum atomic E-state index is -2.45. The Bertz CT molecular complexity index is 329. The van der Waals surface area contributed by atoms with Crippen molar-refractivity contribution in [2.45, 2.75) is 12.5 Å². The van der Waals surface area contributed by atoms with E-state index in [-0.39, 0.29) is 11.6 Å². The van der Waals surface area contributed by atoms with Crippen LogP contribution >= 0.6 is 0 Å². The summed E-state index contributed by atoms with van der Waals surface area (Å²) in [4.78, 5) is 0. The Morgan fingerprint density at radius 3 is 2.44 bits per heavy atom. The molecule has 0 aliphatic heterocycles. The lowest BCUT2D eigenvalue weighted by atomic mass is 10.0. The molecule has 3 nitrogen and oxygen atoms in total. The number of nitrogens with zero attached hydrogens (tertiary/aromatic N) is 1. The van der Waals surface area contributed by atoms with Crippen molar-refractivity contribution in [3.05, 3.63) is 35.4 Å². The number of benzene rings is 1. The van der Waals surface area contributed by atoms with Crippen molar-refractivity contribution in [3.63, 3.8) is 0 Å². The standard InChI is InChI=1S/C11H17F2N3/c1-16(2)15-10(7-14)8-4-3-5-9(6-8)11(12)13/h3-6,10-11,15H,7,14H2,1-2H3. The summed E-state index contributed by atoms with van der Waals surface area (Å²) in [7, 11) is 3.67. The Labute approximate surface area is 94.2 Å². The topological polar surface area (TPSA) is 41.3 Å². The maximum Gasteiger partial charge on any atom is 0.263 e. The molecule has 1 rings (SSSR count). The van der Waals surface area contributed by atoms with Gasteiger partial charge in [-0.1, -0.05) is 18.2 Å². The van der Waals surface area contributed by atoms with E-state index in [1.54, 1.807) is 17.1 Å². The summed E-state index contributed by atoms with van der Waals surface area (Å²) < 4.78 is 25.0. The van der Waals surface area contributed by atoms with Crippen LogP contribution in [-0.2, 0) is 0 Å². The highest BCUT2D eigenvalue weighted by molar-refractivity contribution is 5.27. The number of halogens is 2. The lowest BCUT2D eigenvalue weighted by molar-refractivity contribution is 0.151. The number of hydrazine groups is 1. The van der Waals surface area contributed by atoms with Gasteiger partial charge in [-0.25, -0.2) is 19.2 Å². The van der Waals surface area contributed by atoms with Gasteiger partial charge in [0.25, 0.3) is 6.43 Å². The van der Waals surface area contributed by atoms with Gasteiger partial charge in [-0.15, -0.1) is 0 Å². The van der Waals surface area contributed by atoms with Gasteiger partial charge in [0, 0.05) is 26.2 Å². The third-order valence-electron chi connectivity index (χ3n) is 2.21. The van der Waals surface area contributed by atoms with Crippen molar-refractivity contribution in [1.82, 2.24) is 10.4 Å². The van der Waals surface area contributed by atoms with E-state index in [0.29, 0.717) is 6.54 Å². The molecule has 1 aromatic carbocycles. The van der Waals surface area contributed by atoms with E-state index in [9.17, 15) is 8.78 Å². The Morgan fingerprint density at radius 2 is 1.94 bits per heavy atom. The molecule has 0 amide bonds. The molecule has 0 aromatic heterocycles. The quantitative estimate of drug-likeness (QED) is 0.755. The van der Waals surface area contributed by atoms with Crippen molar-refractivity contribution < 1.29 is 8.78 Å². The molecule has 1 aromatic rings. The largest absolute Gasteiger partial charge is 0.329 e. The second-order valence-corrected chi connectivity index (χ2v) is 3.78. The van der Waals surface area contributed by atoms with E-state index in [0.717, 1.165) is 5.56 Å². The molecule has 3 N–H and O–H groups in total. The number of hydrogen-bond acceptors (Lipinski definition) is 3. The highest BCUT2D eigenvalue weighted by Gasteiger charge is 2.13. The average molecular weight is 229 g/mol. The average Bonchev–Trinajstić information content (AvgIpc) is 2.25. The number of hydrogen-bond donors (Lipinski definition) is 2. The molecule has 1 atom stereocenters. The van der Waals surface area contributed by atoms with Gasteiger partial charge < -0.3 is 5.73 Å². The van der Waals surface area contributed by atoms with Gasteiger partial charge in [-0.2, -0.15) is 0 Å². The van der Waals surface area contributed by atoms with Crippen LogP contribution in [0, 0.1) is 0 Å². The third kappa shape index (κ3) is 3.52. The summed E-state index contributed by atoms with van der Waals surface area (Å²) in [5.41, 5.74) is 9.47. The van der Waals surface area contributed by atoms with E-state index < -0.39 is 6.43 Å². The normalized spacial score (nSPS) is 13.4. The Kier molecular flexibility index (Phi) is 4.79. The van der Waals surface area contributed by atoms with Crippen LogP contribution in [0.5, 0.6) is 0 Å². The van der Waals surface area contributed by atoms with E-state index in [2.05, 4.69) is 5.43 Å². The zero-order valence-corrected chi connectivity index (χ0v) is 9.45. The van der Waals surface area contributed by atoms with Gasteiger partial charge in [0.1, 0.15) is 0 Å². The lowest BCUT2D eigenvalue weighted by Gasteiger charge is -2.22. The molecule has 0 spiro atoms. The smallest absolute Gasteiger partial charge is 0.263 e. The molecule has 5 heteroatoms. The first-order valence-electron chi connectivity index (χ1n) is 5.06. The van der Waals surface area contributed by atoms with Crippen molar-refractivity contribution in [1.29, 1.82) is 0 Å². The van der Waals surface area contributed by atoms with Gasteiger partial charge in [-0.3, -0.25) is 0 Å². The van der Waals surface area contributed by atoms with Gasteiger partial charge in [0.15, 0.2) is 0 Å².